The highest BCUT2D eigenvalue weighted by molar-refractivity contribution is 7.92. The molecule has 0 saturated carbocycles. The minimum atomic E-state index is -3.74. The van der Waals surface area contributed by atoms with Crippen molar-refractivity contribution in [2.75, 3.05) is 24.7 Å². The van der Waals surface area contributed by atoms with E-state index in [-0.39, 0.29) is 34.0 Å². The molecule has 5 aromatic rings. The molecule has 45 heavy (non-hydrogen) atoms. The first-order valence-corrected chi connectivity index (χ1v) is 16.2. The van der Waals surface area contributed by atoms with Crippen molar-refractivity contribution in [3.63, 3.8) is 0 Å². The molecule has 2 atom stereocenters. The molecule has 1 unspecified atom stereocenters. The minimum Gasteiger partial charge on any atom is -0.455 e. The maximum atomic E-state index is 14.4. The predicted molar refractivity (Wildman–Crippen MR) is 167 cm³/mol. The lowest BCUT2D eigenvalue weighted by molar-refractivity contribution is 0.0898. The average molecular weight is 636 g/mol. The molecule has 0 radical (unpaired) electrons. The SMILES string of the molecule is CNC(=O)c1c(-c2ccc(F)cc2)oc2cc(N(C)S(C)(=O)=O)c([C@@H]3CCCC(C(=O)c4nc5c(F)cccc5n4C)N3)cc12. The van der Waals surface area contributed by atoms with E-state index < -0.39 is 39.6 Å². The normalized spacial score (nSPS) is 17.1. The average Bonchev–Trinajstić information content (AvgIpc) is 3.57. The summed E-state index contributed by atoms with van der Waals surface area (Å²) in [4.78, 5) is 31.3. The van der Waals surface area contributed by atoms with E-state index >= 15 is 0 Å². The number of sulfonamides is 1. The quantitative estimate of drug-likeness (QED) is 0.239. The first-order valence-electron chi connectivity index (χ1n) is 14.3. The van der Waals surface area contributed by atoms with E-state index in [0.717, 1.165) is 10.6 Å². The molecule has 0 bridgehead atoms. The van der Waals surface area contributed by atoms with Crippen molar-refractivity contribution in [3.8, 4) is 11.3 Å². The maximum Gasteiger partial charge on any atom is 0.255 e. The Morgan fingerprint density at radius 3 is 2.51 bits per heavy atom. The van der Waals surface area contributed by atoms with Gasteiger partial charge in [-0.05, 0) is 67.3 Å². The summed E-state index contributed by atoms with van der Waals surface area (Å²) in [6.07, 6.45) is 2.76. The number of piperidine rings is 1. The van der Waals surface area contributed by atoms with E-state index in [9.17, 15) is 26.8 Å². The number of carbonyl (C=O) groups excluding carboxylic acids is 2. The third-order valence-electron chi connectivity index (χ3n) is 8.40. The number of halogens is 2. The second-order valence-corrected chi connectivity index (χ2v) is 13.2. The van der Waals surface area contributed by atoms with Crippen molar-refractivity contribution in [2.24, 2.45) is 7.05 Å². The third-order valence-corrected chi connectivity index (χ3v) is 9.59. The van der Waals surface area contributed by atoms with Crippen LogP contribution in [-0.2, 0) is 17.1 Å². The number of aryl methyl sites for hydroxylation is 1. The Hall–Kier alpha value is -4.62. The third kappa shape index (κ3) is 5.35. The molecule has 234 valence electrons. The van der Waals surface area contributed by atoms with Crippen LogP contribution < -0.4 is 14.9 Å². The number of Topliss-reactive ketones (excluding diaryl/α,β-unsaturated/α-hetero) is 1. The molecule has 1 amide bonds. The molecule has 13 heteroatoms. The van der Waals surface area contributed by atoms with Crippen LogP contribution in [0.2, 0.25) is 0 Å². The number of hydrogen-bond acceptors (Lipinski definition) is 7. The highest BCUT2D eigenvalue weighted by Crippen LogP contribution is 2.41. The van der Waals surface area contributed by atoms with Crippen LogP contribution >= 0.6 is 0 Å². The number of ketones is 1. The number of nitrogens with zero attached hydrogens (tertiary/aromatic N) is 3. The van der Waals surface area contributed by atoms with Gasteiger partial charge in [-0.15, -0.1) is 0 Å². The van der Waals surface area contributed by atoms with E-state index in [1.54, 1.807) is 35.9 Å². The Morgan fingerprint density at radius 1 is 1.11 bits per heavy atom. The minimum absolute atomic E-state index is 0.108. The second kappa shape index (κ2) is 11.4. The molecular weight excluding hydrogens is 604 g/mol. The van der Waals surface area contributed by atoms with Gasteiger partial charge in [-0.2, -0.15) is 0 Å². The van der Waals surface area contributed by atoms with Gasteiger partial charge < -0.3 is 19.6 Å². The summed E-state index contributed by atoms with van der Waals surface area (Å²) in [6.45, 7) is 0. The lowest BCUT2D eigenvalue weighted by atomic mass is 9.89. The van der Waals surface area contributed by atoms with Gasteiger partial charge in [0.25, 0.3) is 5.91 Å². The molecule has 2 aromatic heterocycles. The molecule has 6 rings (SSSR count). The number of fused-ring (bicyclic) bond motifs is 2. The summed E-state index contributed by atoms with van der Waals surface area (Å²) < 4.78 is 62.5. The molecule has 0 spiro atoms. The number of rotatable bonds is 7. The van der Waals surface area contributed by atoms with Crippen LogP contribution in [-0.4, -0.2) is 56.1 Å². The van der Waals surface area contributed by atoms with Crippen LogP contribution in [0.25, 0.3) is 33.3 Å². The summed E-state index contributed by atoms with van der Waals surface area (Å²) in [6, 6.07) is 12.1. The summed E-state index contributed by atoms with van der Waals surface area (Å²) in [5, 5.41) is 6.43. The zero-order valence-corrected chi connectivity index (χ0v) is 25.8. The summed E-state index contributed by atoms with van der Waals surface area (Å²) >= 11 is 0. The number of hydrogen-bond donors (Lipinski definition) is 2. The lowest BCUT2D eigenvalue weighted by Crippen LogP contribution is -2.43. The summed E-state index contributed by atoms with van der Waals surface area (Å²) in [7, 11) is 0.823. The van der Waals surface area contributed by atoms with Gasteiger partial charge in [0.05, 0.1) is 29.1 Å². The van der Waals surface area contributed by atoms with E-state index in [2.05, 4.69) is 15.6 Å². The van der Waals surface area contributed by atoms with Gasteiger partial charge in [0.15, 0.2) is 11.6 Å². The van der Waals surface area contributed by atoms with Crippen molar-refractivity contribution < 1.29 is 31.2 Å². The molecule has 2 N–H and O–H groups in total. The van der Waals surface area contributed by atoms with E-state index in [1.165, 1.54) is 44.4 Å². The Morgan fingerprint density at radius 2 is 1.84 bits per heavy atom. The van der Waals surface area contributed by atoms with Crippen LogP contribution in [0.5, 0.6) is 0 Å². The van der Waals surface area contributed by atoms with Crippen molar-refractivity contribution in [1.82, 2.24) is 20.2 Å². The zero-order valence-electron chi connectivity index (χ0n) is 25.0. The van der Waals surface area contributed by atoms with Gasteiger partial charge >= 0.3 is 0 Å². The van der Waals surface area contributed by atoms with Gasteiger partial charge in [0, 0.05) is 44.2 Å². The van der Waals surface area contributed by atoms with Crippen LogP contribution in [0, 0.1) is 11.6 Å². The van der Waals surface area contributed by atoms with Gasteiger partial charge in [-0.3, -0.25) is 13.9 Å². The Balaban J connectivity index is 1.47. The van der Waals surface area contributed by atoms with Crippen LogP contribution in [0.4, 0.5) is 14.5 Å². The van der Waals surface area contributed by atoms with Gasteiger partial charge in [-0.1, -0.05) is 6.07 Å². The van der Waals surface area contributed by atoms with E-state index in [4.69, 9.17) is 4.42 Å². The molecular formula is C32H31F2N5O5S. The van der Waals surface area contributed by atoms with Crippen molar-refractivity contribution in [2.45, 2.75) is 31.3 Å². The van der Waals surface area contributed by atoms with Gasteiger partial charge in [0.2, 0.25) is 15.8 Å². The highest BCUT2D eigenvalue weighted by Gasteiger charge is 2.34. The van der Waals surface area contributed by atoms with Crippen molar-refractivity contribution in [3.05, 3.63) is 83.2 Å². The molecule has 1 fully saturated rings. The molecule has 1 aliphatic rings. The van der Waals surface area contributed by atoms with Crippen molar-refractivity contribution >= 4 is 49.4 Å². The molecule has 1 aliphatic heterocycles. The topological polar surface area (TPSA) is 127 Å². The number of imidazole rings is 1. The first kappa shape index (κ1) is 30.4. The smallest absolute Gasteiger partial charge is 0.255 e. The molecule has 1 saturated heterocycles. The zero-order chi connectivity index (χ0) is 32.2. The first-order chi connectivity index (χ1) is 21.4. The highest BCUT2D eigenvalue weighted by atomic mass is 32.2. The second-order valence-electron chi connectivity index (χ2n) is 11.2. The number of para-hydroxylation sites is 1. The summed E-state index contributed by atoms with van der Waals surface area (Å²) in [5.74, 6) is -1.42. The number of amides is 1. The number of nitrogens with one attached hydrogen (secondary N) is 2. The van der Waals surface area contributed by atoms with E-state index in [1.807, 2.05) is 0 Å². The number of aromatic nitrogens is 2. The largest absolute Gasteiger partial charge is 0.455 e. The number of benzene rings is 3. The molecule has 3 heterocycles. The van der Waals surface area contributed by atoms with Crippen LogP contribution in [0.1, 0.15) is 51.8 Å². The summed E-state index contributed by atoms with van der Waals surface area (Å²) in [5.41, 5.74) is 2.38. The Kier molecular flexibility index (Phi) is 7.69. The fourth-order valence-electron chi connectivity index (χ4n) is 5.98. The monoisotopic (exact) mass is 635 g/mol. The van der Waals surface area contributed by atoms with Crippen LogP contribution in [0.3, 0.4) is 0 Å². The lowest BCUT2D eigenvalue weighted by Gasteiger charge is -2.33. The Bertz CT molecular complexity index is 2090. The van der Waals surface area contributed by atoms with Crippen molar-refractivity contribution in [1.29, 1.82) is 0 Å². The fourth-order valence-corrected chi connectivity index (χ4v) is 6.49. The Labute approximate surface area is 258 Å². The fraction of sp³-hybridized carbons (Fsp3) is 0.281. The van der Waals surface area contributed by atoms with Gasteiger partial charge in [-0.25, -0.2) is 22.2 Å². The number of furan rings is 1. The van der Waals surface area contributed by atoms with Gasteiger partial charge in [0.1, 0.15) is 22.7 Å². The molecule has 10 nitrogen and oxygen atoms in total. The molecule has 3 aromatic carbocycles. The maximum absolute atomic E-state index is 14.4. The van der Waals surface area contributed by atoms with E-state index in [0.29, 0.717) is 47.0 Å². The van der Waals surface area contributed by atoms with Crippen LogP contribution in [0.15, 0.2) is 59.0 Å². The number of carbonyl (C=O) groups is 2. The number of anilines is 1. The standard InChI is InChI=1S/C32H31F2N5O5S/c1-35-32(41)27-20-15-19(25(39(3)45(4,42)43)16-26(20)44-30(27)17-11-13-18(33)14-12-17)22-8-6-9-23(36-22)29(40)31-37-28-21(34)7-5-10-24(28)38(31)2/h5,7,10-16,22-23,36H,6,8-9H2,1-4H3,(H,35,41)/t22-,23?/m0/s1. The molecule has 0 aliphatic carbocycles. The predicted octanol–water partition coefficient (Wildman–Crippen LogP) is 5.09.